The number of amides is 2. The highest BCUT2D eigenvalue weighted by Gasteiger charge is 2.30. The maximum atomic E-state index is 13.2. The minimum Gasteiger partial charge on any atom is -0.321 e. The first-order valence-corrected chi connectivity index (χ1v) is 9.11. The van der Waals surface area contributed by atoms with Crippen LogP contribution >= 0.6 is 11.3 Å². The lowest BCUT2D eigenvalue weighted by molar-refractivity contribution is -0.137. The number of nitrogens with one attached hydrogen (secondary N) is 2. The zero-order valence-corrected chi connectivity index (χ0v) is 15.7. The predicted octanol–water partition coefficient (Wildman–Crippen LogP) is 5.72. The van der Waals surface area contributed by atoms with E-state index in [1.54, 1.807) is 13.0 Å². The summed E-state index contributed by atoms with van der Waals surface area (Å²) in [5, 5.41) is 5.36. The fraction of sp³-hybridized carbons (Fsp3) is 0.100. The number of carbonyl (C=O) groups excluding carboxylic acids is 2. The second kappa shape index (κ2) is 8.04. The van der Waals surface area contributed by atoms with Crippen molar-refractivity contribution in [2.45, 2.75) is 13.1 Å². The van der Waals surface area contributed by atoms with Gasteiger partial charge in [0.05, 0.1) is 15.4 Å². The summed E-state index contributed by atoms with van der Waals surface area (Å²) in [6.45, 7) is 1.63. The molecule has 4 nitrogen and oxygen atoms in total. The Kier molecular flexibility index (Phi) is 5.69. The van der Waals surface area contributed by atoms with Crippen LogP contribution in [-0.4, -0.2) is 11.8 Å². The number of alkyl halides is 3. The first-order valence-electron chi connectivity index (χ1n) is 8.29. The maximum absolute atomic E-state index is 13.2. The molecule has 29 heavy (non-hydrogen) atoms. The van der Waals surface area contributed by atoms with Crippen LogP contribution < -0.4 is 10.6 Å². The van der Waals surface area contributed by atoms with E-state index >= 15 is 0 Å². The van der Waals surface area contributed by atoms with E-state index < -0.39 is 29.4 Å². The van der Waals surface area contributed by atoms with Gasteiger partial charge in [-0.05, 0) is 55.0 Å². The molecule has 0 fully saturated rings. The first kappa shape index (κ1) is 20.5. The van der Waals surface area contributed by atoms with Gasteiger partial charge >= 0.3 is 6.18 Å². The van der Waals surface area contributed by atoms with Crippen molar-refractivity contribution in [1.82, 2.24) is 0 Å². The van der Waals surface area contributed by atoms with Crippen molar-refractivity contribution >= 4 is 33.8 Å². The minimum absolute atomic E-state index is 0.00275. The fourth-order valence-electron chi connectivity index (χ4n) is 2.54. The highest BCUT2D eigenvalue weighted by atomic mass is 32.1. The van der Waals surface area contributed by atoms with E-state index in [1.807, 2.05) is 0 Å². The number of halogens is 4. The van der Waals surface area contributed by atoms with Crippen LogP contribution in [0, 0.1) is 12.7 Å². The Hall–Kier alpha value is -3.20. The first-order chi connectivity index (χ1) is 13.6. The molecular formula is C20H14F4N2O2S. The van der Waals surface area contributed by atoms with Gasteiger partial charge in [0.15, 0.2) is 0 Å². The van der Waals surface area contributed by atoms with Crippen LogP contribution in [0.4, 0.5) is 28.3 Å². The highest BCUT2D eigenvalue weighted by molar-refractivity contribution is 7.18. The lowest BCUT2D eigenvalue weighted by Crippen LogP contribution is -2.13. The van der Waals surface area contributed by atoms with Crippen molar-refractivity contribution in [2.24, 2.45) is 0 Å². The average molecular weight is 422 g/mol. The summed E-state index contributed by atoms with van der Waals surface area (Å²) < 4.78 is 51.7. The van der Waals surface area contributed by atoms with Crippen molar-refractivity contribution in [1.29, 1.82) is 0 Å². The zero-order chi connectivity index (χ0) is 21.2. The Balaban J connectivity index is 1.74. The number of carbonyl (C=O) groups is 2. The van der Waals surface area contributed by atoms with Gasteiger partial charge in [0.25, 0.3) is 11.8 Å². The molecule has 2 amide bonds. The lowest BCUT2D eigenvalue weighted by atomic mass is 10.2. The van der Waals surface area contributed by atoms with Gasteiger partial charge in [-0.3, -0.25) is 9.59 Å². The molecule has 3 rings (SSSR count). The van der Waals surface area contributed by atoms with E-state index in [0.29, 0.717) is 10.6 Å². The summed E-state index contributed by atoms with van der Waals surface area (Å²) in [6.07, 6.45) is -4.52. The number of hydrogen-bond donors (Lipinski definition) is 2. The van der Waals surface area contributed by atoms with E-state index in [0.717, 1.165) is 29.5 Å². The van der Waals surface area contributed by atoms with Crippen LogP contribution in [0.3, 0.4) is 0 Å². The van der Waals surface area contributed by atoms with E-state index in [4.69, 9.17) is 0 Å². The molecule has 0 aliphatic rings. The quantitative estimate of drug-likeness (QED) is 0.529. The van der Waals surface area contributed by atoms with Crippen LogP contribution in [0.5, 0.6) is 0 Å². The van der Waals surface area contributed by atoms with Gasteiger partial charge in [0.2, 0.25) is 0 Å². The van der Waals surface area contributed by atoms with Gasteiger partial charge in [-0.2, -0.15) is 13.2 Å². The fourth-order valence-corrected chi connectivity index (χ4v) is 3.51. The third kappa shape index (κ3) is 5.00. The standard InChI is InChI=1S/C20H14F4N2O2S/c1-11-8-16(26-18(27)12-4-2-6-14(21)9-12)29-17(11)19(28)25-15-7-3-5-13(10-15)20(22,23)24/h2-10H,1H3,(H,25,28)(H,26,27). The van der Waals surface area contributed by atoms with Gasteiger partial charge in [-0.15, -0.1) is 11.3 Å². The van der Waals surface area contributed by atoms with Crippen molar-refractivity contribution in [3.05, 3.63) is 82.0 Å². The number of anilines is 2. The Labute approximate surface area is 167 Å². The van der Waals surface area contributed by atoms with Gasteiger partial charge in [0.1, 0.15) is 5.82 Å². The summed E-state index contributed by atoms with van der Waals surface area (Å²) >= 11 is 0.964. The number of benzene rings is 2. The Morgan fingerprint density at radius 1 is 0.931 bits per heavy atom. The molecule has 150 valence electrons. The van der Waals surface area contributed by atoms with Gasteiger partial charge in [-0.1, -0.05) is 12.1 Å². The molecular weight excluding hydrogens is 408 g/mol. The van der Waals surface area contributed by atoms with Gasteiger partial charge in [-0.25, -0.2) is 4.39 Å². The van der Waals surface area contributed by atoms with Crippen molar-refractivity contribution < 1.29 is 27.2 Å². The molecule has 0 radical (unpaired) electrons. The molecule has 0 unspecified atom stereocenters. The molecule has 0 bridgehead atoms. The predicted molar refractivity (Wildman–Crippen MR) is 103 cm³/mol. The summed E-state index contributed by atoms with van der Waals surface area (Å²) in [5.41, 5.74) is -0.218. The Morgan fingerprint density at radius 3 is 2.34 bits per heavy atom. The van der Waals surface area contributed by atoms with E-state index in [2.05, 4.69) is 10.6 Å². The Morgan fingerprint density at radius 2 is 1.66 bits per heavy atom. The third-order valence-electron chi connectivity index (χ3n) is 3.90. The summed E-state index contributed by atoms with van der Waals surface area (Å²) in [4.78, 5) is 24.9. The van der Waals surface area contributed by atoms with Crippen molar-refractivity contribution in [3.63, 3.8) is 0 Å². The van der Waals surface area contributed by atoms with Crippen LogP contribution in [0.25, 0.3) is 0 Å². The molecule has 1 heterocycles. The average Bonchev–Trinajstić information content (AvgIpc) is 3.01. The molecule has 1 aromatic heterocycles. The second-order valence-corrected chi connectivity index (χ2v) is 7.17. The van der Waals surface area contributed by atoms with E-state index in [-0.39, 0.29) is 16.1 Å². The number of rotatable bonds is 4. The van der Waals surface area contributed by atoms with Gasteiger partial charge in [0, 0.05) is 11.3 Å². The van der Waals surface area contributed by atoms with Crippen molar-refractivity contribution in [2.75, 3.05) is 10.6 Å². The molecule has 0 saturated carbocycles. The molecule has 0 aliphatic carbocycles. The van der Waals surface area contributed by atoms with Crippen molar-refractivity contribution in [3.8, 4) is 0 Å². The summed E-state index contributed by atoms with van der Waals surface area (Å²) in [6, 6.07) is 11.0. The van der Waals surface area contributed by atoms with Crippen LogP contribution in [-0.2, 0) is 6.18 Å². The molecule has 0 spiro atoms. The molecule has 9 heteroatoms. The van der Waals surface area contributed by atoms with Crippen LogP contribution in [0.2, 0.25) is 0 Å². The second-order valence-electron chi connectivity index (χ2n) is 6.12. The lowest BCUT2D eigenvalue weighted by Gasteiger charge is -2.09. The topological polar surface area (TPSA) is 58.2 Å². The Bertz CT molecular complexity index is 1080. The molecule has 2 N–H and O–H groups in total. The van der Waals surface area contributed by atoms with E-state index in [1.165, 1.54) is 30.3 Å². The summed E-state index contributed by atoms with van der Waals surface area (Å²) in [5.74, 6) is -1.70. The zero-order valence-electron chi connectivity index (χ0n) is 14.9. The highest BCUT2D eigenvalue weighted by Crippen LogP contribution is 2.32. The van der Waals surface area contributed by atoms with Crippen LogP contribution in [0.1, 0.15) is 31.2 Å². The number of hydrogen-bond acceptors (Lipinski definition) is 3. The molecule has 3 aromatic rings. The monoisotopic (exact) mass is 422 g/mol. The minimum atomic E-state index is -4.52. The number of thiophene rings is 1. The molecule has 0 atom stereocenters. The summed E-state index contributed by atoms with van der Waals surface area (Å²) in [7, 11) is 0. The normalized spacial score (nSPS) is 11.2. The van der Waals surface area contributed by atoms with E-state index in [9.17, 15) is 27.2 Å². The molecule has 0 saturated heterocycles. The van der Waals surface area contributed by atoms with Crippen LogP contribution in [0.15, 0.2) is 54.6 Å². The third-order valence-corrected chi connectivity index (χ3v) is 5.05. The smallest absolute Gasteiger partial charge is 0.321 e. The largest absolute Gasteiger partial charge is 0.416 e. The van der Waals surface area contributed by atoms with Gasteiger partial charge < -0.3 is 10.6 Å². The number of aryl methyl sites for hydroxylation is 1. The SMILES string of the molecule is Cc1cc(NC(=O)c2cccc(F)c2)sc1C(=O)Nc1cccc(C(F)(F)F)c1. The maximum Gasteiger partial charge on any atom is 0.416 e. The molecule has 0 aliphatic heterocycles. The molecule has 2 aromatic carbocycles.